The summed E-state index contributed by atoms with van der Waals surface area (Å²) in [7, 11) is 0. The van der Waals surface area contributed by atoms with E-state index >= 15 is 0 Å². The van der Waals surface area contributed by atoms with E-state index in [1.54, 1.807) is 24.3 Å². The lowest BCUT2D eigenvalue weighted by Gasteiger charge is -2.09. The van der Waals surface area contributed by atoms with Crippen LogP contribution in [0.5, 0.6) is 5.75 Å². The summed E-state index contributed by atoms with van der Waals surface area (Å²) in [5, 5.41) is 13.4. The second kappa shape index (κ2) is 6.04. The molecule has 2 aromatic carbocycles. The van der Waals surface area contributed by atoms with Crippen molar-refractivity contribution in [1.82, 2.24) is 14.8 Å². The largest absolute Gasteiger partial charge is 0.573 e. The molecule has 0 saturated heterocycles. The van der Waals surface area contributed by atoms with Crippen molar-refractivity contribution in [2.45, 2.75) is 6.36 Å². The summed E-state index contributed by atoms with van der Waals surface area (Å²) in [6.07, 6.45) is -3.31. The van der Waals surface area contributed by atoms with Gasteiger partial charge < -0.3 is 4.74 Å². The van der Waals surface area contributed by atoms with Gasteiger partial charge in [0.1, 0.15) is 12.1 Å². The standard InChI is InChI=1S/C16H9F3N4O/c17-16(18,19)24-13-7-5-12(6-8-13)23-10-21-15(22-23)14-4-2-1-3-11(14)9-20/h1-8,10H. The molecule has 3 rings (SSSR count). The number of alkyl halides is 3. The average Bonchev–Trinajstić information content (AvgIpc) is 3.04. The summed E-state index contributed by atoms with van der Waals surface area (Å²) < 4.78 is 41.7. The number of rotatable bonds is 3. The summed E-state index contributed by atoms with van der Waals surface area (Å²) in [6.45, 7) is 0. The van der Waals surface area contributed by atoms with E-state index in [2.05, 4.69) is 20.9 Å². The highest BCUT2D eigenvalue weighted by atomic mass is 19.4. The van der Waals surface area contributed by atoms with Gasteiger partial charge in [0.25, 0.3) is 0 Å². The van der Waals surface area contributed by atoms with E-state index in [1.807, 2.05) is 0 Å². The minimum absolute atomic E-state index is 0.318. The van der Waals surface area contributed by atoms with Crippen LogP contribution in [0.2, 0.25) is 0 Å². The first-order valence-corrected chi connectivity index (χ1v) is 6.73. The Morgan fingerprint density at radius 1 is 1.04 bits per heavy atom. The van der Waals surface area contributed by atoms with Crippen LogP contribution in [0.15, 0.2) is 54.9 Å². The number of aromatic nitrogens is 3. The molecule has 0 unspecified atom stereocenters. The van der Waals surface area contributed by atoms with Gasteiger partial charge in [-0.25, -0.2) is 9.67 Å². The van der Waals surface area contributed by atoms with Crippen molar-refractivity contribution in [3.8, 4) is 28.9 Å². The van der Waals surface area contributed by atoms with Gasteiger partial charge in [0.2, 0.25) is 0 Å². The Balaban J connectivity index is 1.87. The van der Waals surface area contributed by atoms with Crippen molar-refractivity contribution in [1.29, 1.82) is 5.26 Å². The van der Waals surface area contributed by atoms with Crippen molar-refractivity contribution in [2.24, 2.45) is 0 Å². The molecule has 0 amide bonds. The molecule has 0 fully saturated rings. The normalized spacial score (nSPS) is 11.1. The maximum atomic E-state index is 12.2. The predicted molar refractivity (Wildman–Crippen MR) is 78.2 cm³/mol. The highest BCUT2D eigenvalue weighted by molar-refractivity contribution is 5.64. The van der Waals surface area contributed by atoms with Crippen molar-refractivity contribution in [2.75, 3.05) is 0 Å². The monoisotopic (exact) mass is 330 g/mol. The molecule has 0 spiro atoms. The lowest BCUT2D eigenvalue weighted by molar-refractivity contribution is -0.274. The SMILES string of the molecule is N#Cc1ccccc1-c1ncn(-c2ccc(OC(F)(F)F)cc2)n1. The number of nitrogens with zero attached hydrogens (tertiary/aromatic N) is 4. The van der Waals surface area contributed by atoms with Gasteiger partial charge in [0, 0.05) is 5.56 Å². The van der Waals surface area contributed by atoms with E-state index in [4.69, 9.17) is 5.26 Å². The second-order valence-corrected chi connectivity index (χ2v) is 4.71. The second-order valence-electron chi connectivity index (χ2n) is 4.71. The molecule has 120 valence electrons. The highest BCUT2D eigenvalue weighted by Gasteiger charge is 2.30. The quantitative estimate of drug-likeness (QED) is 0.734. The van der Waals surface area contributed by atoms with Crippen LogP contribution in [0, 0.1) is 11.3 Å². The summed E-state index contributed by atoms with van der Waals surface area (Å²) in [5.74, 6) is 0.0317. The Bertz CT molecular complexity index is 895. The first-order chi connectivity index (χ1) is 11.5. The number of ether oxygens (including phenoxy) is 1. The average molecular weight is 330 g/mol. The molecule has 24 heavy (non-hydrogen) atoms. The number of hydrogen-bond acceptors (Lipinski definition) is 4. The van der Waals surface area contributed by atoms with Crippen LogP contribution < -0.4 is 4.74 Å². The molecule has 5 nitrogen and oxygen atoms in total. The Labute approximate surface area is 134 Å². The van der Waals surface area contributed by atoms with Gasteiger partial charge in [-0.05, 0) is 36.4 Å². The summed E-state index contributed by atoms with van der Waals surface area (Å²) in [4.78, 5) is 4.14. The van der Waals surface area contributed by atoms with Crippen LogP contribution in [-0.2, 0) is 0 Å². The zero-order chi connectivity index (χ0) is 17.2. The zero-order valence-electron chi connectivity index (χ0n) is 12.0. The topological polar surface area (TPSA) is 63.7 Å². The smallest absolute Gasteiger partial charge is 0.406 e. The van der Waals surface area contributed by atoms with Crippen LogP contribution in [0.1, 0.15) is 5.56 Å². The van der Waals surface area contributed by atoms with Crippen LogP contribution in [0.25, 0.3) is 17.1 Å². The molecule has 8 heteroatoms. The van der Waals surface area contributed by atoms with Gasteiger partial charge in [-0.15, -0.1) is 18.3 Å². The molecule has 0 aliphatic carbocycles. The third-order valence-corrected chi connectivity index (χ3v) is 3.12. The zero-order valence-corrected chi connectivity index (χ0v) is 12.0. The van der Waals surface area contributed by atoms with E-state index in [0.717, 1.165) is 0 Å². The molecule has 0 N–H and O–H groups in total. The van der Waals surface area contributed by atoms with Crippen LogP contribution in [0.4, 0.5) is 13.2 Å². The Kier molecular flexibility index (Phi) is 3.92. The van der Waals surface area contributed by atoms with Gasteiger partial charge >= 0.3 is 6.36 Å². The van der Waals surface area contributed by atoms with Gasteiger partial charge in [-0.3, -0.25) is 0 Å². The molecule has 0 radical (unpaired) electrons. The minimum atomic E-state index is -4.73. The van der Waals surface area contributed by atoms with Crippen LogP contribution in [-0.4, -0.2) is 21.1 Å². The molecule has 1 heterocycles. The third-order valence-electron chi connectivity index (χ3n) is 3.12. The molecule has 0 saturated carbocycles. The van der Waals surface area contributed by atoms with Crippen LogP contribution in [0.3, 0.4) is 0 Å². The van der Waals surface area contributed by atoms with Gasteiger partial charge in [-0.1, -0.05) is 12.1 Å². The predicted octanol–water partition coefficient (Wildman–Crippen LogP) is 3.70. The third kappa shape index (κ3) is 3.35. The molecule has 0 atom stereocenters. The molecule has 0 aliphatic heterocycles. The Hall–Kier alpha value is -3.34. The van der Waals surface area contributed by atoms with Crippen molar-refractivity contribution in [3.05, 3.63) is 60.4 Å². The van der Waals surface area contributed by atoms with E-state index < -0.39 is 6.36 Å². The molecule has 0 aliphatic rings. The Morgan fingerprint density at radius 3 is 2.42 bits per heavy atom. The molecule has 0 bridgehead atoms. The molecular weight excluding hydrogens is 321 g/mol. The maximum absolute atomic E-state index is 12.2. The molecule has 3 aromatic rings. The van der Waals surface area contributed by atoms with Crippen LogP contribution >= 0.6 is 0 Å². The minimum Gasteiger partial charge on any atom is -0.406 e. The summed E-state index contributed by atoms with van der Waals surface area (Å²) in [5.41, 5.74) is 1.53. The van der Waals surface area contributed by atoms with E-state index in [9.17, 15) is 13.2 Å². The number of hydrogen-bond donors (Lipinski definition) is 0. The van der Waals surface area contributed by atoms with Crippen molar-refractivity contribution in [3.63, 3.8) is 0 Å². The number of benzene rings is 2. The van der Waals surface area contributed by atoms with E-state index in [-0.39, 0.29) is 5.75 Å². The maximum Gasteiger partial charge on any atom is 0.573 e. The molecular formula is C16H9F3N4O. The van der Waals surface area contributed by atoms with Gasteiger partial charge in [0.15, 0.2) is 5.82 Å². The number of halogens is 3. The summed E-state index contributed by atoms with van der Waals surface area (Å²) in [6, 6.07) is 14.2. The fraction of sp³-hybridized carbons (Fsp3) is 0.0625. The first kappa shape index (κ1) is 15.6. The Morgan fingerprint density at radius 2 is 1.75 bits per heavy atom. The lowest BCUT2D eigenvalue weighted by Crippen LogP contribution is -2.17. The fourth-order valence-electron chi connectivity index (χ4n) is 2.09. The van der Waals surface area contributed by atoms with Gasteiger partial charge in [-0.2, -0.15) is 5.26 Å². The number of nitriles is 1. The van der Waals surface area contributed by atoms with Crippen molar-refractivity contribution < 1.29 is 17.9 Å². The molecule has 1 aromatic heterocycles. The van der Waals surface area contributed by atoms with E-state index in [1.165, 1.54) is 35.3 Å². The van der Waals surface area contributed by atoms with Gasteiger partial charge in [0.05, 0.1) is 17.3 Å². The first-order valence-electron chi connectivity index (χ1n) is 6.73. The van der Waals surface area contributed by atoms with E-state index in [0.29, 0.717) is 22.6 Å². The highest BCUT2D eigenvalue weighted by Crippen LogP contribution is 2.24. The van der Waals surface area contributed by atoms with Crippen molar-refractivity contribution >= 4 is 0 Å². The summed E-state index contributed by atoms with van der Waals surface area (Å²) >= 11 is 0. The lowest BCUT2D eigenvalue weighted by atomic mass is 10.1. The fourth-order valence-corrected chi connectivity index (χ4v) is 2.09.